The van der Waals surface area contributed by atoms with Crippen molar-refractivity contribution < 1.29 is 23.4 Å². The summed E-state index contributed by atoms with van der Waals surface area (Å²) < 4.78 is 32.3. The van der Waals surface area contributed by atoms with E-state index in [1.54, 1.807) is 49.6 Å². The molecule has 0 radical (unpaired) electrons. The molecule has 0 unspecified atom stereocenters. The lowest BCUT2D eigenvalue weighted by molar-refractivity contribution is -0.113. The lowest BCUT2D eigenvalue weighted by atomic mass is 10.2. The third kappa shape index (κ3) is 6.23. The number of anilines is 1. The number of nitrogens with zero attached hydrogens (tertiary/aromatic N) is 3. The number of amides is 1. The standard InChI is InChI=1S/C23H25FN4O4S/c1-30-17-10-8-16(9-11-17)25-22(29)15-33-23-27-26-21(28(23)13-18-5-4-12-31-18)14-32-20-7-3-2-6-19(20)24/h2-3,6-11,18H,4-5,12-15H2,1H3,(H,25,29)/t18-/m0/s1. The van der Waals surface area contributed by atoms with E-state index in [0.29, 0.717) is 23.2 Å². The van der Waals surface area contributed by atoms with Crippen molar-refractivity contribution in [3.05, 3.63) is 60.2 Å². The highest BCUT2D eigenvalue weighted by molar-refractivity contribution is 7.99. The Morgan fingerprint density at radius 3 is 2.79 bits per heavy atom. The quantitative estimate of drug-likeness (QED) is 0.448. The number of carbonyl (C=O) groups is 1. The SMILES string of the molecule is COc1ccc(NC(=O)CSc2nnc(COc3ccccc3F)n2C[C@@H]2CCCO2)cc1. The van der Waals surface area contributed by atoms with Crippen LogP contribution in [0.2, 0.25) is 0 Å². The molecule has 0 aliphatic carbocycles. The van der Waals surface area contributed by atoms with Crippen LogP contribution in [-0.4, -0.2) is 46.2 Å². The van der Waals surface area contributed by atoms with E-state index in [-0.39, 0.29) is 30.1 Å². The number of methoxy groups -OCH3 is 1. The van der Waals surface area contributed by atoms with Gasteiger partial charge in [-0.05, 0) is 49.2 Å². The predicted molar refractivity (Wildman–Crippen MR) is 122 cm³/mol. The normalized spacial score (nSPS) is 15.4. The largest absolute Gasteiger partial charge is 0.497 e. The molecule has 174 valence electrons. The maximum atomic E-state index is 13.9. The van der Waals surface area contributed by atoms with Crippen LogP contribution in [0, 0.1) is 5.82 Å². The number of benzene rings is 2. The van der Waals surface area contributed by atoms with E-state index in [9.17, 15) is 9.18 Å². The van der Waals surface area contributed by atoms with E-state index >= 15 is 0 Å². The number of ether oxygens (including phenoxy) is 3. The van der Waals surface area contributed by atoms with Gasteiger partial charge >= 0.3 is 0 Å². The number of para-hydroxylation sites is 1. The summed E-state index contributed by atoms with van der Waals surface area (Å²) in [6.07, 6.45) is 1.98. The summed E-state index contributed by atoms with van der Waals surface area (Å²) in [6.45, 7) is 1.32. The topological polar surface area (TPSA) is 87.5 Å². The zero-order valence-electron chi connectivity index (χ0n) is 18.2. The molecule has 1 N–H and O–H groups in total. The second-order valence-corrected chi connectivity index (χ2v) is 8.37. The minimum Gasteiger partial charge on any atom is -0.497 e. The van der Waals surface area contributed by atoms with Crippen molar-refractivity contribution in [2.45, 2.75) is 37.3 Å². The predicted octanol–water partition coefficient (Wildman–Crippen LogP) is 3.91. The molecule has 3 aromatic rings. The summed E-state index contributed by atoms with van der Waals surface area (Å²) in [5.41, 5.74) is 0.682. The summed E-state index contributed by atoms with van der Waals surface area (Å²) in [5.74, 6) is 0.969. The molecule has 1 aliphatic rings. The summed E-state index contributed by atoms with van der Waals surface area (Å²) in [4.78, 5) is 12.4. The lowest BCUT2D eigenvalue weighted by Crippen LogP contribution is -2.19. The highest BCUT2D eigenvalue weighted by atomic mass is 32.2. The smallest absolute Gasteiger partial charge is 0.234 e. The van der Waals surface area contributed by atoms with E-state index in [4.69, 9.17) is 14.2 Å². The Bertz CT molecular complexity index is 1070. The van der Waals surface area contributed by atoms with Gasteiger partial charge in [0, 0.05) is 12.3 Å². The monoisotopic (exact) mass is 472 g/mol. The molecule has 1 aliphatic heterocycles. The van der Waals surface area contributed by atoms with Gasteiger partial charge in [0.15, 0.2) is 22.5 Å². The van der Waals surface area contributed by atoms with Crippen molar-refractivity contribution in [2.24, 2.45) is 0 Å². The number of hydrogen-bond donors (Lipinski definition) is 1. The minimum absolute atomic E-state index is 0.0423. The van der Waals surface area contributed by atoms with Crippen LogP contribution in [0.5, 0.6) is 11.5 Å². The van der Waals surface area contributed by atoms with Crippen LogP contribution in [-0.2, 0) is 22.7 Å². The molecule has 1 fully saturated rings. The molecule has 2 heterocycles. The van der Waals surface area contributed by atoms with Crippen molar-refractivity contribution in [1.29, 1.82) is 0 Å². The van der Waals surface area contributed by atoms with Gasteiger partial charge in [0.25, 0.3) is 0 Å². The fourth-order valence-corrected chi connectivity index (χ4v) is 4.18. The maximum Gasteiger partial charge on any atom is 0.234 e. The van der Waals surface area contributed by atoms with E-state index in [0.717, 1.165) is 25.2 Å². The molecule has 8 nitrogen and oxygen atoms in total. The average molecular weight is 473 g/mol. The van der Waals surface area contributed by atoms with Crippen LogP contribution in [0.4, 0.5) is 10.1 Å². The first-order chi connectivity index (χ1) is 16.1. The van der Waals surface area contributed by atoms with Crippen LogP contribution < -0.4 is 14.8 Å². The molecular formula is C23H25FN4O4S. The average Bonchev–Trinajstić information content (AvgIpc) is 3.48. The number of nitrogens with one attached hydrogen (secondary N) is 1. The second kappa shape index (κ2) is 11.2. The Morgan fingerprint density at radius 1 is 1.24 bits per heavy atom. The Labute approximate surface area is 195 Å². The number of thioether (sulfide) groups is 1. The molecule has 0 bridgehead atoms. The Hall–Kier alpha value is -3.11. The second-order valence-electron chi connectivity index (χ2n) is 7.43. The first kappa shape index (κ1) is 23.1. The van der Waals surface area contributed by atoms with Crippen LogP contribution >= 0.6 is 11.8 Å². The number of halogens is 1. The highest BCUT2D eigenvalue weighted by Gasteiger charge is 2.22. The van der Waals surface area contributed by atoms with Gasteiger partial charge in [-0.1, -0.05) is 23.9 Å². The van der Waals surface area contributed by atoms with E-state index in [2.05, 4.69) is 15.5 Å². The molecule has 1 saturated heterocycles. The third-order valence-electron chi connectivity index (χ3n) is 5.10. The number of carbonyl (C=O) groups excluding carboxylic acids is 1. The van der Waals surface area contributed by atoms with E-state index in [1.165, 1.54) is 17.8 Å². The lowest BCUT2D eigenvalue weighted by Gasteiger charge is -2.15. The van der Waals surface area contributed by atoms with Crippen LogP contribution in [0.15, 0.2) is 53.7 Å². The molecular weight excluding hydrogens is 447 g/mol. The first-order valence-electron chi connectivity index (χ1n) is 10.6. The molecule has 0 saturated carbocycles. The van der Waals surface area contributed by atoms with Gasteiger partial charge < -0.3 is 24.1 Å². The summed E-state index contributed by atoms with van der Waals surface area (Å²) in [6, 6.07) is 13.3. The third-order valence-corrected chi connectivity index (χ3v) is 6.07. The van der Waals surface area contributed by atoms with Crippen molar-refractivity contribution in [1.82, 2.24) is 14.8 Å². The summed E-state index contributed by atoms with van der Waals surface area (Å²) >= 11 is 1.28. The number of aromatic nitrogens is 3. The Kier molecular flexibility index (Phi) is 7.79. The van der Waals surface area contributed by atoms with Crippen LogP contribution in [0.1, 0.15) is 18.7 Å². The first-order valence-corrected chi connectivity index (χ1v) is 11.6. The zero-order chi connectivity index (χ0) is 23.0. The van der Waals surface area contributed by atoms with E-state index < -0.39 is 5.82 Å². The van der Waals surface area contributed by atoms with Crippen LogP contribution in [0.25, 0.3) is 0 Å². The fourth-order valence-electron chi connectivity index (χ4n) is 3.41. The zero-order valence-corrected chi connectivity index (χ0v) is 19.0. The van der Waals surface area contributed by atoms with Gasteiger partial charge in [-0.25, -0.2) is 4.39 Å². The summed E-state index contributed by atoms with van der Waals surface area (Å²) in [5, 5.41) is 11.9. The fraction of sp³-hybridized carbons (Fsp3) is 0.348. The van der Waals surface area contributed by atoms with Gasteiger partial charge in [0.05, 0.1) is 25.5 Å². The van der Waals surface area contributed by atoms with Gasteiger partial charge in [0.2, 0.25) is 5.91 Å². The van der Waals surface area contributed by atoms with Gasteiger partial charge in [-0.2, -0.15) is 0 Å². The van der Waals surface area contributed by atoms with Crippen molar-refractivity contribution in [3.8, 4) is 11.5 Å². The Morgan fingerprint density at radius 2 is 2.06 bits per heavy atom. The minimum atomic E-state index is -0.438. The molecule has 4 rings (SSSR count). The van der Waals surface area contributed by atoms with Gasteiger partial charge in [0.1, 0.15) is 12.4 Å². The molecule has 0 spiro atoms. The molecule has 10 heteroatoms. The number of rotatable bonds is 10. The van der Waals surface area contributed by atoms with Gasteiger partial charge in [-0.15, -0.1) is 10.2 Å². The molecule has 2 aromatic carbocycles. The number of hydrogen-bond acceptors (Lipinski definition) is 7. The summed E-state index contributed by atoms with van der Waals surface area (Å²) in [7, 11) is 1.59. The van der Waals surface area contributed by atoms with Crippen molar-refractivity contribution in [3.63, 3.8) is 0 Å². The highest BCUT2D eigenvalue weighted by Crippen LogP contribution is 2.24. The molecule has 33 heavy (non-hydrogen) atoms. The Balaban J connectivity index is 1.41. The van der Waals surface area contributed by atoms with Gasteiger partial charge in [-0.3, -0.25) is 4.79 Å². The van der Waals surface area contributed by atoms with Crippen molar-refractivity contribution in [2.75, 3.05) is 24.8 Å². The van der Waals surface area contributed by atoms with Crippen LogP contribution in [0.3, 0.4) is 0 Å². The molecule has 1 atom stereocenters. The maximum absolute atomic E-state index is 13.9. The van der Waals surface area contributed by atoms with E-state index in [1.807, 2.05) is 4.57 Å². The molecule has 1 amide bonds. The molecule has 1 aromatic heterocycles. The van der Waals surface area contributed by atoms with Crippen molar-refractivity contribution >= 4 is 23.4 Å².